The highest BCUT2D eigenvalue weighted by Gasteiger charge is 2.18. The third-order valence-corrected chi connectivity index (χ3v) is 5.54. The van der Waals surface area contributed by atoms with Crippen LogP contribution in [0.1, 0.15) is 44.0 Å². The van der Waals surface area contributed by atoms with Crippen LogP contribution >= 0.6 is 11.3 Å². The van der Waals surface area contributed by atoms with Crippen LogP contribution < -0.4 is 0 Å². The summed E-state index contributed by atoms with van der Waals surface area (Å²) in [5.41, 5.74) is 1.00. The molecule has 122 valence electrons. The van der Waals surface area contributed by atoms with Crippen molar-refractivity contribution in [2.24, 2.45) is 5.92 Å². The number of carbonyl (C=O) groups is 1. The van der Waals surface area contributed by atoms with E-state index >= 15 is 0 Å². The predicted molar refractivity (Wildman–Crippen MR) is 97.5 cm³/mol. The summed E-state index contributed by atoms with van der Waals surface area (Å²) >= 11 is 1.63. The third-order valence-electron chi connectivity index (χ3n) is 4.54. The van der Waals surface area contributed by atoms with Crippen LogP contribution in [0.15, 0.2) is 30.3 Å². The quantitative estimate of drug-likeness (QED) is 0.760. The lowest BCUT2D eigenvalue weighted by molar-refractivity contribution is -0.125. The average Bonchev–Trinajstić information content (AvgIpc) is 2.84. The van der Waals surface area contributed by atoms with Crippen LogP contribution in [-0.4, -0.2) is 28.9 Å². The molecule has 0 saturated carbocycles. The Hall–Kier alpha value is -1.68. The van der Waals surface area contributed by atoms with Gasteiger partial charge in [0.2, 0.25) is 5.91 Å². The van der Waals surface area contributed by atoms with Gasteiger partial charge in [-0.3, -0.25) is 4.79 Å². The minimum Gasteiger partial charge on any atom is -0.339 e. The molecule has 1 fully saturated rings. The molecule has 1 amide bonds. The standard InChI is InChI=1S/C19H24N2OS/c1-2-6-15-7-5-13-21(14-12-15)19(22)11-10-18-20-16-8-3-4-9-17(16)23-18/h3-4,8-11,15H,2,5-7,12-14H2,1H3/b11-10+. The lowest BCUT2D eigenvalue weighted by Gasteiger charge is -2.18. The normalized spacial score (nSPS) is 19.3. The summed E-state index contributed by atoms with van der Waals surface area (Å²) in [4.78, 5) is 19.0. The number of hydrogen-bond donors (Lipinski definition) is 0. The number of nitrogens with zero attached hydrogens (tertiary/aromatic N) is 2. The zero-order chi connectivity index (χ0) is 16.1. The van der Waals surface area contributed by atoms with Crippen LogP contribution in [0, 0.1) is 5.92 Å². The SMILES string of the molecule is CCCC1CCCN(C(=O)/C=C/c2nc3ccccc3s2)CC1. The van der Waals surface area contributed by atoms with E-state index in [0.29, 0.717) is 0 Å². The van der Waals surface area contributed by atoms with Gasteiger partial charge in [0.05, 0.1) is 10.2 Å². The molecule has 0 radical (unpaired) electrons. The maximum Gasteiger partial charge on any atom is 0.246 e. The summed E-state index contributed by atoms with van der Waals surface area (Å²) < 4.78 is 1.16. The average molecular weight is 328 g/mol. The van der Waals surface area contributed by atoms with Gasteiger partial charge < -0.3 is 4.90 Å². The zero-order valence-corrected chi connectivity index (χ0v) is 14.5. The first kappa shape index (κ1) is 16.2. The van der Waals surface area contributed by atoms with Crippen molar-refractivity contribution in [1.29, 1.82) is 0 Å². The molecule has 2 aromatic rings. The van der Waals surface area contributed by atoms with E-state index in [4.69, 9.17) is 0 Å². The Morgan fingerprint density at radius 2 is 2.22 bits per heavy atom. The van der Waals surface area contributed by atoms with Gasteiger partial charge in [-0.15, -0.1) is 11.3 Å². The molecule has 0 spiro atoms. The van der Waals surface area contributed by atoms with Crippen molar-refractivity contribution in [3.63, 3.8) is 0 Å². The van der Waals surface area contributed by atoms with Crippen molar-refractivity contribution in [1.82, 2.24) is 9.88 Å². The molecule has 1 atom stereocenters. The first-order chi connectivity index (χ1) is 11.3. The zero-order valence-electron chi connectivity index (χ0n) is 13.7. The summed E-state index contributed by atoms with van der Waals surface area (Å²) in [6.45, 7) is 4.03. The summed E-state index contributed by atoms with van der Waals surface area (Å²) in [5.74, 6) is 0.924. The molecular formula is C19H24N2OS. The molecule has 0 aliphatic carbocycles. The second kappa shape index (κ2) is 7.73. The fourth-order valence-electron chi connectivity index (χ4n) is 3.29. The van der Waals surface area contributed by atoms with Crippen LogP contribution in [-0.2, 0) is 4.79 Å². The first-order valence-electron chi connectivity index (χ1n) is 8.59. The molecule has 23 heavy (non-hydrogen) atoms. The maximum atomic E-state index is 12.4. The van der Waals surface area contributed by atoms with Crippen LogP contribution in [0.4, 0.5) is 0 Å². The van der Waals surface area contributed by atoms with Crippen LogP contribution in [0.5, 0.6) is 0 Å². The van der Waals surface area contributed by atoms with Gasteiger partial charge in [0.1, 0.15) is 5.01 Å². The second-order valence-electron chi connectivity index (χ2n) is 6.26. The lowest BCUT2D eigenvalue weighted by atomic mass is 9.96. The molecular weight excluding hydrogens is 304 g/mol. The number of rotatable bonds is 4. The van der Waals surface area contributed by atoms with Crippen molar-refractivity contribution in [2.45, 2.75) is 39.0 Å². The van der Waals surface area contributed by atoms with E-state index in [2.05, 4.69) is 18.0 Å². The summed E-state index contributed by atoms with van der Waals surface area (Å²) in [7, 11) is 0. The van der Waals surface area contributed by atoms with Crippen molar-refractivity contribution >= 4 is 33.5 Å². The molecule has 1 saturated heterocycles. The van der Waals surface area contributed by atoms with E-state index in [0.717, 1.165) is 47.1 Å². The molecule has 1 aliphatic rings. The number of fused-ring (bicyclic) bond motifs is 1. The van der Waals surface area contributed by atoms with Gasteiger partial charge in [-0.2, -0.15) is 0 Å². The fraction of sp³-hybridized carbons (Fsp3) is 0.474. The molecule has 4 heteroatoms. The van der Waals surface area contributed by atoms with Gasteiger partial charge in [-0.25, -0.2) is 4.98 Å². The largest absolute Gasteiger partial charge is 0.339 e. The number of benzene rings is 1. The molecule has 1 aromatic carbocycles. The van der Waals surface area contributed by atoms with Gasteiger partial charge in [0.15, 0.2) is 0 Å². The number of likely N-dealkylation sites (tertiary alicyclic amines) is 1. The Bertz CT molecular complexity index is 658. The van der Waals surface area contributed by atoms with Gasteiger partial charge in [-0.1, -0.05) is 31.9 Å². The Labute approximate surface area is 142 Å². The highest BCUT2D eigenvalue weighted by molar-refractivity contribution is 7.19. The Balaban J connectivity index is 1.61. The Morgan fingerprint density at radius 1 is 1.35 bits per heavy atom. The van der Waals surface area contributed by atoms with Crippen LogP contribution in [0.3, 0.4) is 0 Å². The van der Waals surface area contributed by atoms with Crippen molar-refractivity contribution < 1.29 is 4.79 Å². The van der Waals surface area contributed by atoms with E-state index in [1.807, 2.05) is 29.2 Å². The number of carbonyl (C=O) groups excluding carboxylic acids is 1. The van der Waals surface area contributed by atoms with E-state index in [-0.39, 0.29) is 5.91 Å². The topological polar surface area (TPSA) is 33.2 Å². The number of para-hydroxylation sites is 1. The summed E-state index contributed by atoms with van der Waals surface area (Å²) in [6, 6.07) is 8.08. The molecule has 3 rings (SSSR count). The fourth-order valence-corrected chi connectivity index (χ4v) is 4.16. The van der Waals surface area contributed by atoms with E-state index in [1.54, 1.807) is 17.4 Å². The monoisotopic (exact) mass is 328 g/mol. The van der Waals surface area contributed by atoms with Crippen molar-refractivity contribution in [3.05, 3.63) is 35.3 Å². The minimum absolute atomic E-state index is 0.126. The smallest absolute Gasteiger partial charge is 0.246 e. The molecule has 0 bridgehead atoms. The van der Waals surface area contributed by atoms with Crippen LogP contribution in [0.2, 0.25) is 0 Å². The highest BCUT2D eigenvalue weighted by Crippen LogP contribution is 2.24. The molecule has 2 heterocycles. The van der Waals surface area contributed by atoms with Crippen molar-refractivity contribution in [3.8, 4) is 0 Å². The van der Waals surface area contributed by atoms with E-state index < -0.39 is 0 Å². The number of hydrogen-bond acceptors (Lipinski definition) is 3. The predicted octanol–water partition coefficient (Wildman–Crippen LogP) is 4.74. The van der Waals surface area contributed by atoms with Gasteiger partial charge >= 0.3 is 0 Å². The van der Waals surface area contributed by atoms with Crippen LogP contribution in [0.25, 0.3) is 16.3 Å². The maximum absolute atomic E-state index is 12.4. The number of thiazole rings is 1. The molecule has 0 N–H and O–H groups in total. The van der Waals surface area contributed by atoms with Gasteiger partial charge in [0, 0.05) is 19.2 Å². The Morgan fingerprint density at radius 3 is 3.04 bits per heavy atom. The van der Waals surface area contributed by atoms with Crippen molar-refractivity contribution in [2.75, 3.05) is 13.1 Å². The molecule has 1 aromatic heterocycles. The number of aromatic nitrogens is 1. The lowest BCUT2D eigenvalue weighted by Crippen LogP contribution is -2.30. The van der Waals surface area contributed by atoms with Gasteiger partial charge in [0.25, 0.3) is 0 Å². The highest BCUT2D eigenvalue weighted by atomic mass is 32.1. The second-order valence-corrected chi connectivity index (χ2v) is 7.33. The molecule has 1 aliphatic heterocycles. The molecule has 1 unspecified atom stereocenters. The Kier molecular flexibility index (Phi) is 5.44. The van der Waals surface area contributed by atoms with E-state index in [1.165, 1.54) is 19.3 Å². The number of amides is 1. The van der Waals surface area contributed by atoms with Gasteiger partial charge in [-0.05, 0) is 43.4 Å². The summed E-state index contributed by atoms with van der Waals surface area (Å²) in [5, 5.41) is 0.901. The molecule has 3 nitrogen and oxygen atoms in total. The third kappa shape index (κ3) is 4.20. The first-order valence-corrected chi connectivity index (χ1v) is 9.40. The minimum atomic E-state index is 0.126. The summed E-state index contributed by atoms with van der Waals surface area (Å²) in [6.07, 6.45) is 9.64. The van der Waals surface area contributed by atoms with E-state index in [9.17, 15) is 4.79 Å².